The van der Waals surface area contributed by atoms with Crippen LogP contribution in [0.15, 0.2) is 12.1 Å². The first kappa shape index (κ1) is 11.7. The van der Waals surface area contributed by atoms with E-state index in [1.165, 1.54) is 0 Å². The van der Waals surface area contributed by atoms with Gasteiger partial charge in [0.15, 0.2) is 0 Å². The monoisotopic (exact) mass is 207 g/mol. The molecular formula is C12H17NO2. The van der Waals surface area contributed by atoms with Crippen molar-refractivity contribution in [3.05, 3.63) is 38.9 Å². The third-order valence-corrected chi connectivity index (χ3v) is 2.33. The highest BCUT2D eigenvalue weighted by atomic mass is 16.6. The van der Waals surface area contributed by atoms with E-state index in [1.807, 2.05) is 19.1 Å². The summed E-state index contributed by atoms with van der Waals surface area (Å²) >= 11 is 0. The third kappa shape index (κ3) is 2.78. The standard InChI is InChI=1S/C12H17NO2/c1-8(2)5-11-7-9(3)6-10(4)12(11)13(14)15/h6-8H,5H2,1-4H3. The first-order chi connectivity index (χ1) is 6.91. The second-order valence-corrected chi connectivity index (χ2v) is 4.44. The van der Waals surface area contributed by atoms with Crippen LogP contribution in [0.5, 0.6) is 0 Å². The van der Waals surface area contributed by atoms with Gasteiger partial charge in [0.05, 0.1) is 4.92 Å². The molecule has 0 heterocycles. The highest BCUT2D eigenvalue weighted by molar-refractivity contribution is 5.49. The van der Waals surface area contributed by atoms with E-state index < -0.39 is 0 Å². The molecule has 0 amide bonds. The average molecular weight is 207 g/mol. The van der Waals surface area contributed by atoms with E-state index in [2.05, 4.69) is 13.8 Å². The quantitative estimate of drug-likeness (QED) is 0.563. The Hall–Kier alpha value is -1.38. The van der Waals surface area contributed by atoms with Gasteiger partial charge in [0.25, 0.3) is 5.69 Å². The molecule has 0 saturated carbocycles. The summed E-state index contributed by atoms with van der Waals surface area (Å²) in [4.78, 5) is 10.7. The topological polar surface area (TPSA) is 43.1 Å². The third-order valence-electron chi connectivity index (χ3n) is 2.33. The normalized spacial score (nSPS) is 10.7. The van der Waals surface area contributed by atoms with Gasteiger partial charge in [0, 0.05) is 11.1 Å². The first-order valence-corrected chi connectivity index (χ1v) is 5.16. The number of nitro benzene ring substituents is 1. The number of rotatable bonds is 3. The molecular weight excluding hydrogens is 190 g/mol. The van der Waals surface area contributed by atoms with Crippen LogP contribution in [-0.4, -0.2) is 4.92 Å². The summed E-state index contributed by atoms with van der Waals surface area (Å²) in [5.41, 5.74) is 2.99. The van der Waals surface area contributed by atoms with Crippen LogP contribution in [0.2, 0.25) is 0 Å². The molecule has 0 aliphatic carbocycles. The molecule has 0 bridgehead atoms. The van der Waals surface area contributed by atoms with Crippen molar-refractivity contribution in [2.24, 2.45) is 5.92 Å². The molecule has 82 valence electrons. The fourth-order valence-electron chi connectivity index (χ4n) is 1.90. The summed E-state index contributed by atoms with van der Waals surface area (Å²) in [5.74, 6) is 0.435. The van der Waals surface area contributed by atoms with Crippen molar-refractivity contribution in [3.8, 4) is 0 Å². The molecule has 0 atom stereocenters. The largest absolute Gasteiger partial charge is 0.275 e. The van der Waals surface area contributed by atoms with Crippen LogP contribution >= 0.6 is 0 Å². The van der Waals surface area contributed by atoms with E-state index in [9.17, 15) is 10.1 Å². The molecule has 0 N–H and O–H groups in total. The maximum Gasteiger partial charge on any atom is 0.275 e. The lowest BCUT2D eigenvalue weighted by molar-refractivity contribution is -0.386. The molecule has 3 heteroatoms. The molecule has 15 heavy (non-hydrogen) atoms. The van der Waals surface area contributed by atoms with E-state index in [0.29, 0.717) is 5.92 Å². The minimum absolute atomic E-state index is 0.271. The molecule has 1 aromatic rings. The fraction of sp³-hybridized carbons (Fsp3) is 0.500. The number of nitro groups is 1. The highest BCUT2D eigenvalue weighted by Crippen LogP contribution is 2.27. The average Bonchev–Trinajstić information content (AvgIpc) is 1.99. The number of nitrogens with zero attached hydrogens (tertiary/aromatic N) is 1. The summed E-state index contributed by atoms with van der Waals surface area (Å²) in [5, 5.41) is 10.9. The second-order valence-electron chi connectivity index (χ2n) is 4.44. The minimum atomic E-state index is -0.271. The lowest BCUT2D eigenvalue weighted by Gasteiger charge is -2.09. The zero-order chi connectivity index (χ0) is 11.6. The molecule has 0 unspecified atom stereocenters. The Morgan fingerprint density at radius 2 is 1.93 bits per heavy atom. The molecule has 0 aliphatic heterocycles. The summed E-state index contributed by atoms with van der Waals surface area (Å²) in [6.45, 7) is 7.91. The Morgan fingerprint density at radius 3 is 2.40 bits per heavy atom. The number of hydrogen-bond acceptors (Lipinski definition) is 2. The Labute approximate surface area is 90.3 Å². The van der Waals surface area contributed by atoms with Gasteiger partial charge in [-0.05, 0) is 38.3 Å². The van der Waals surface area contributed by atoms with Crippen molar-refractivity contribution >= 4 is 5.69 Å². The van der Waals surface area contributed by atoms with Gasteiger partial charge in [-0.3, -0.25) is 10.1 Å². The molecule has 0 aromatic heterocycles. The minimum Gasteiger partial charge on any atom is -0.258 e. The van der Waals surface area contributed by atoms with Gasteiger partial charge in [-0.15, -0.1) is 0 Å². The predicted octanol–water partition coefficient (Wildman–Crippen LogP) is 3.41. The van der Waals surface area contributed by atoms with Crippen LogP contribution < -0.4 is 0 Å². The van der Waals surface area contributed by atoms with Crippen molar-refractivity contribution in [3.63, 3.8) is 0 Å². The van der Waals surface area contributed by atoms with Gasteiger partial charge >= 0.3 is 0 Å². The summed E-state index contributed by atoms with van der Waals surface area (Å²) < 4.78 is 0. The van der Waals surface area contributed by atoms with Gasteiger partial charge in [-0.2, -0.15) is 0 Å². The van der Waals surface area contributed by atoms with Crippen LogP contribution in [0, 0.1) is 29.9 Å². The van der Waals surface area contributed by atoms with Crippen molar-refractivity contribution in [2.75, 3.05) is 0 Å². The molecule has 0 fully saturated rings. The molecule has 0 radical (unpaired) electrons. The number of aryl methyl sites for hydroxylation is 2. The van der Waals surface area contributed by atoms with Gasteiger partial charge < -0.3 is 0 Å². The number of hydrogen-bond donors (Lipinski definition) is 0. The molecule has 0 saturated heterocycles. The predicted molar refractivity (Wildman–Crippen MR) is 61.1 cm³/mol. The Morgan fingerprint density at radius 1 is 1.33 bits per heavy atom. The van der Waals surface area contributed by atoms with E-state index in [4.69, 9.17) is 0 Å². The summed E-state index contributed by atoms with van der Waals surface area (Å²) in [6, 6.07) is 3.78. The lowest BCUT2D eigenvalue weighted by Crippen LogP contribution is -2.02. The van der Waals surface area contributed by atoms with E-state index >= 15 is 0 Å². The van der Waals surface area contributed by atoms with Gasteiger partial charge in [0.2, 0.25) is 0 Å². The smallest absolute Gasteiger partial charge is 0.258 e. The van der Waals surface area contributed by atoms with Crippen molar-refractivity contribution < 1.29 is 4.92 Å². The van der Waals surface area contributed by atoms with E-state index in [1.54, 1.807) is 6.92 Å². The molecule has 3 nitrogen and oxygen atoms in total. The van der Waals surface area contributed by atoms with Crippen LogP contribution in [0.25, 0.3) is 0 Å². The lowest BCUT2D eigenvalue weighted by atomic mass is 9.97. The Bertz CT molecular complexity index is 383. The highest BCUT2D eigenvalue weighted by Gasteiger charge is 2.18. The van der Waals surface area contributed by atoms with Gasteiger partial charge in [-0.1, -0.05) is 19.4 Å². The van der Waals surface area contributed by atoms with Crippen LogP contribution in [0.3, 0.4) is 0 Å². The van der Waals surface area contributed by atoms with Gasteiger partial charge in [-0.25, -0.2) is 0 Å². The SMILES string of the molecule is Cc1cc(C)c([N+](=O)[O-])c(CC(C)C)c1. The van der Waals surface area contributed by atoms with E-state index in [0.717, 1.165) is 23.1 Å². The maximum atomic E-state index is 10.9. The summed E-state index contributed by atoms with van der Waals surface area (Å²) in [6.07, 6.45) is 0.763. The second kappa shape index (κ2) is 4.43. The fourth-order valence-corrected chi connectivity index (χ4v) is 1.90. The van der Waals surface area contributed by atoms with Crippen molar-refractivity contribution in [1.82, 2.24) is 0 Å². The molecule has 1 rings (SSSR count). The van der Waals surface area contributed by atoms with Crippen LogP contribution in [-0.2, 0) is 6.42 Å². The van der Waals surface area contributed by atoms with Crippen molar-refractivity contribution in [1.29, 1.82) is 0 Å². The molecule has 0 spiro atoms. The number of benzene rings is 1. The Kier molecular flexibility index (Phi) is 3.45. The van der Waals surface area contributed by atoms with Crippen molar-refractivity contribution in [2.45, 2.75) is 34.1 Å². The summed E-state index contributed by atoms with van der Waals surface area (Å²) in [7, 11) is 0. The first-order valence-electron chi connectivity index (χ1n) is 5.16. The maximum absolute atomic E-state index is 10.9. The van der Waals surface area contributed by atoms with E-state index in [-0.39, 0.29) is 10.6 Å². The molecule has 0 aliphatic rings. The Balaban J connectivity index is 3.27. The van der Waals surface area contributed by atoms with Crippen LogP contribution in [0.4, 0.5) is 5.69 Å². The zero-order valence-electron chi connectivity index (χ0n) is 9.70. The van der Waals surface area contributed by atoms with Crippen LogP contribution in [0.1, 0.15) is 30.5 Å². The van der Waals surface area contributed by atoms with Gasteiger partial charge in [0.1, 0.15) is 0 Å². The molecule has 1 aromatic carbocycles. The zero-order valence-corrected chi connectivity index (χ0v) is 9.70.